The molecule has 4 N–H and O–H groups in total. The monoisotopic (exact) mass is 364 g/mol. The van der Waals surface area contributed by atoms with Crippen molar-refractivity contribution in [1.29, 1.82) is 0 Å². The molecule has 2 aliphatic carbocycles. The summed E-state index contributed by atoms with van der Waals surface area (Å²) in [5.74, 6) is 0.868. The van der Waals surface area contributed by atoms with Gasteiger partial charge in [-0.25, -0.2) is 0 Å². The van der Waals surface area contributed by atoms with E-state index in [1.165, 1.54) is 19.3 Å². The smallest absolute Gasteiger partial charge is 0.303 e. The van der Waals surface area contributed by atoms with E-state index in [-0.39, 0.29) is 24.5 Å². The molecule has 1 aliphatic heterocycles. The molecule has 0 radical (unpaired) electrons. The number of amidine groups is 1. The first-order valence-corrected chi connectivity index (χ1v) is 10.1. The Morgan fingerprint density at radius 3 is 2.81 bits per heavy atom. The van der Waals surface area contributed by atoms with Crippen molar-refractivity contribution >= 4 is 11.8 Å². The van der Waals surface area contributed by atoms with Gasteiger partial charge in [0.1, 0.15) is 0 Å². The summed E-state index contributed by atoms with van der Waals surface area (Å²) in [6, 6.07) is 0.227. The highest BCUT2D eigenvalue weighted by Gasteiger charge is 2.45. The van der Waals surface area contributed by atoms with Crippen molar-refractivity contribution in [2.75, 3.05) is 6.54 Å². The van der Waals surface area contributed by atoms with E-state index in [1.54, 1.807) is 0 Å². The van der Waals surface area contributed by atoms with Gasteiger partial charge in [0.05, 0.1) is 18.0 Å². The van der Waals surface area contributed by atoms with E-state index in [2.05, 4.69) is 10.3 Å². The molecular formula is C20H32N2O4. The zero-order valence-corrected chi connectivity index (χ0v) is 15.4. The van der Waals surface area contributed by atoms with E-state index in [1.807, 2.05) is 12.2 Å². The third-order valence-electron chi connectivity index (χ3n) is 6.25. The molecule has 0 amide bonds. The maximum atomic E-state index is 10.6. The Bertz CT molecular complexity index is 542. The summed E-state index contributed by atoms with van der Waals surface area (Å²) in [4.78, 5) is 15.0. The largest absolute Gasteiger partial charge is 0.481 e. The first kappa shape index (κ1) is 19.4. The number of carboxylic acid groups (broad SMARTS) is 1. The lowest BCUT2D eigenvalue weighted by molar-refractivity contribution is -0.137. The molecule has 6 nitrogen and oxygen atoms in total. The third kappa shape index (κ3) is 4.86. The van der Waals surface area contributed by atoms with Crippen molar-refractivity contribution in [3.8, 4) is 0 Å². The standard InChI is InChI=1S/C20H32N2O4/c23-17(13-5-2-1-3-6-13)9-8-14-15-11-19(21-10-4-7-20(25)26)22-16(15)12-18(14)24/h8-9,13-18,23-24H,1-7,10-12H2,(H,21,22)(H,25,26). The van der Waals surface area contributed by atoms with Gasteiger partial charge in [-0.3, -0.25) is 9.79 Å². The molecule has 6 heteroatoms. The highest BCUT2D eigenvalue weighted by atomic mass is 16.4. The van der Waals surface area contributed by atoms with Crippen molar-refractivity contribution in [1.82, 2.24) is 5.32 Å². The second-order valence-electron chi connectivity index (χ2n) is 8.10. The first-order valence-electron chi connectivity index (χ1n) is 10.1. The number of carboxylic acids is 1. The van der Waals surface area contributed by atoms with Gasteiger partial charge in [-0.2, -0.15) is 0 Å². The lowest BCUT2D eigenvalue weighted by Crippen LogP contribution is -2.27. The number of aliphatic hydroxyl groups excluding tert-OH is 2. The van der Waals surface area contributed by atoms with Crippen molar-refractivity contribution in [3.63, 3.8) is 0 Å². The number of rotatable bonds is 7. The van der Waals surface area contributed by atoms with Crippen molar-refractivity contribution < 1.29 is 20.1 Å². The van der Waals surface area contributed by atoms with Gasteiger partial charge in [0.25, 0.3) is 0 Å². The maximum Gasteiger partial charge on any atom is 0.303 e. The zero-order chi connectivity index (χ0) is 18.5. The van der Waals surface area contributed by atoms with Crippen molar-refractivity contribution in [3.05, 3.63) is 12.2 Å². The van der Waals surface area contributed by atoms with Crippen LogP contribution in [0.2, 0.25) is 0 Å². The average molecular weight is 364 g/mol. The fourth-order valence-electron chi connectivity index (χ4n) is 4.79. The predicted octanol–water partition coefficient (Wildman–Crippen LogP) is 2.11. The minimum absolute atomic E-state index is 0.0532. The Labute approximate surface area is 155 Å². The molecule has 3 fully saturated rings. The second-order valence-corrected chi connectivity index (χ2v) is 8.10. The molecule has 2 saturated carbocycles. The molecule has 1 saturated heterocycles. The lowest BCUT2D eigenvalue weighted by Gasteiger charge is -2.25. The molecule has 0 spiro atoms. The summed E-state index contributed by atoms with van der Waals surface area (Å²) in [7, 11) is 0. The topological polar surface area (TPSA) is 102 Å². The van der Waals surface area contributed by atoms with Crippen LogP contribution in [0.1, 0.15) is 57.8 Å². The number of fused-ring (bicyclic) bond motifs is 1. The molecule has 5 unspecified atom stereocenters. The molecule has 3 aliphatic rings. The molecule has 0 aromatic rings. The summed E-state index contributed by atoms with van der Waals surface area (Å²) >= 11 is 0. The number of aliphatic carboxylic acids is 1. The number of carbonyl (C=O) groups is 1. The van der Waals surface area contributed by atoms with Crippen LogP contribution in [0.4, 0.5) is 0 Å². The van der Waals surface area contributed by atoms with E-state index >= 15 is 0 Å². The lowest BCUT2D eigenvalue weighted by atomic mass is 9.84. The molecular weight excluding hydrogens is 332 g/mol. The Morgan fingerprint density at radius 2 is 2.08 bits per heavy atom. The van der Waals surface area contributed by atoms with Crippen LogP contribution in [-0.2, 0) is 4.79 Å². The van der Waals surface area contributed by atoms with E-state index < -0.39 is 12.1 Å². The van der Waals surface area contributed by atoms with Gasteiger partial charge < -0.3 is 20.6 Å². The normalized spacial score (nSPS) is 34.9. The van der Waals surface area contributed by atoms with Crippen LogP contribution in [0.5, 0.6) is 0 Å². The van der Waals surface area contributed by atoms with Gasteiger partial charge in [-0.15, -0.1) is 0 Å². The van der Waals surface area contributed by atoms with Gasteiger partial charge in [0, 0.05) is 31.3 Å². The summed E-state index contributed by atoms with van der Waals surface area (Å²) in [6.45, 7) is 0.525. The number of hydrogen-bond donors (Lipinski definition) is 4. The summed E-state index contributed by atoms with van der Waals surface area (Å²) in [6.07, 6.45) is 11.2. The van der Waals surface area contributed by atoms with Gasteiger partial charge in [-0.05, 0) is 37.5 Å². The zero-order valence-electron chi connectivity index (χ0n) is 15.4. The Morgan fingerprint density at radius 1 is 1.31 bits per heavy atom. The molecule has 3 rings (SSSR count). The first-order chi connectivity index (χ1) is 12.5. The van der Waals surface area contributed by atoms with E-state index in [4.69, 9.17) is 5.11 Å². The Kier molecular flexibility index (Phi) is 6.70. The highest BCUT2D eigenvalue weighted by molar-refractivity contribution is 5.85. The average Bonchev–Trinajstić information content (AvgIpc) is 3.14. The molecule has 0 aromatic carbocycles. The summed E-state index contributed by atoms with van der Waals surface area (Å²) in [5, 5.41) is 32.9. The predicted molar refractivity (Wildman–Crippen MR) is 100 cm³/mol. The number of hydrogen-bond acceptors (Lipinski definition) is 4. The SMILES string of the molecule is O=C(O)CCCN=C1CC2C(CC(O)C2C=CC(O)C2CCCCC2)N1. The van der Waals surface area contributed by atoms with Crippen molar-refractivity contribution in [2.45, 2.75) is 76.0 Å². The fraction of sp³-hybridized carbons (Fsp3) is 0.800. The van der Waals surface area contributed by atoms with Crippen LogP contribution in [0.15, 0.2) is 17.1 Å². The van der Waals surface area contributed by atoms with Crippen LogP contribution in [0.25, 0.3) is 0 Å². The number of aliphatic imine (C=N–C) groups is 1. The molecule has 0 bridgehead atoms. The highest BCUT2D eigenvalue weighted by Crippen LogP contribution is 2.40. The quantitative estimate of drug-likeness (QED) is 0.409. The second kappa shape index (κ2) is 9.00. The van der Waals surface area contributed by atoms with Crippen LogP contribution in [0.3, 0.4) is 0 Å². The van der Waals surface area contributed by atoms with Crippen LogP contribution >= 0.6 is 0 Å². The van der Waals surface area contributed by atoms with E-state index in [9.17, 15) is 15.0 Å². The Balaban J connectivity index is 1.52. The summed E-state index contributed by atoms with van der Waals surface area (Å²) < 4.78 is 0. The van der Waals surface area contributed by atoms with Crippen molar-refractivity contribution in [2.24, 2.45) is 22.7 Å². The Hall–Kier alpha value is -1.40. The van der Waals surface area contributed by atoms with E-state index in [0.29, 0.717) is 31.2 Å². The molecule has 5 atom stereocenters. The summed E-state index contributed by atoms with van der Waals surface area (Å²) in [5.41, 5.74) is 0. The minimum Gasteiger partial charge on any atom is -0.481 e. The van der Waals surface area contributed by atoms with Crippen LogP contribution in [0, 0.1) is 17.8 Å². The maximum absolute atomic E-state index is 10.6. The molecule has 146 valence electrons. The van der Waals surface area contributed by atoms with E-state index in [0.717, 1.165) is 25.1 Å². The molecule has 0 aromatic heterocycles. The fourth-order valence-corrected chi connectivity index (χ4v) is 4.79. The van der Waals surface area contributed by atoms with Crippen LogP contribution < -0.4 is 5.32 Å². The van der Waals surface area contributed by atoms with Gasteiger partial charge in [0.2, 0.25) is 0 Å². The molecule has 26 heavy (non-hydrogen) atoms. The number of nitrogens with zero attached hydrogens (tertiary/aromatic N) is 1. The minimum atomic E-state index is -0.786. The number of aliphatic hydroxyl groups is 2. The van der Waals surface area contributed by atoms with Gasteiger partial charge in [-0.1, -0.05) is 31.4 Å². The molecule has 1 heterocycles. The van der Waals surface area contributed by atoms with Gasteiger partial charge in [0.15, 0.2) is 0 Å². The number of nitrogens with one attached hydrogen (secondary N) is 1. The third-order valence-corrected chi connectivity index (χ3v) is 6.25. The van der Waals surface area contributed by atoms with Gasteiger partial charge >= 0.3 is 5.97 Å². The van der Waals surface area contributed by atoms with Crippen LogP contribution in [-0.4, -0.2) is 51.9 Å².